The van der Waals surface area contributed by atoms with Crippen LogP contribution in [0.4, 0.5) is 0 Å². The van der Waals surface area contributed by atoms with Crippen molar-refractivity contribution in [2.24, 2.45) is 0 Å². The average Bonchev–Trinajstić information content (AvgIpc) is 2.74. The van der Waals surface area contributed by atoms with Crippen LogP contribution in [0.1, 0.15) is 19.8 Å². The van der Waals surface area contributed by atoms with Crippen molar-refractivity contribution in [1.29, 1.82) is 0 Å². The van der Waals surface area contributed by atoms with Crippen LogP contribution < -0.4 is 0 Å². The summed E-state index contributed by atoms with van der Waals surface area (Å²) in [6.07, 6.45) is 2.10. The van der Waals surface area contributed by atoms with E-state index in [1.54, 1.807) is 0 Å². The van der Waals surface area contributed by atoms with E-state index >= 15 is 0 Å². The summed E-state index contributed by atoms with van der Waals surface area (Å²) >= 11 is 0. The largest absolute Gasteiger partial charge is 0.346 e. The Morgan fingerprint density at radius 3 is 2.79 bits per heavy atom. The minimum Gasteiger partial charge on any atom is -0.346 e. The van der Waals surface area contributed by atoms with Crippen LogP contribution in [-0.4, -0.2) is 43.5 Å². The molecule has 0 aromatic rings. The van der Waals surface area contributed by atoms with E-state index in [9.17, 15) is 0 Å². The molecule has 2 fully saturated rings. The maximum atomic E-state index is 5.65. The Balaban J connectivity index is 1.79. The van der Waals surface area contributed by atoms with E-state index in [-0.39, 0.29) is 5.79 Å². The maximum absolute atomic E-state index is 5.65. The molecule has 2 rings (SSSR count). The maximum Gasteiger partial charge on any atom is 0.182 e. The standard InChI is InChI=1S/C11H19NO2/c1-10(2)3-5-12-6-4-11(9-12)13-7-8-14-11/h1,3-9H2,2H3. The number of rotatable bonds is 3. The van der Waals surface area contributed by atoms with Crippen molar-refractivity contribution in [1.82, 2.24) is 4.90 Å². The zero-order valence-corrected chi connectivity index (χ0v) is 8.92. The first kappa shape index (κ1) is 10.1. The summed E-state index contributed by atoms with van der Waals surface area (Å²) in [7, 11) is 0. The molecular formula is C11H19NO2. The highest BCUT2D eigenvalue weighted by Gasteiger charge is 2.42. The van der Waals surface area contributed by atoms with Gasteiger partial charge in [0.2, 0.25) is 0 Å². The predicted molar refractivity (Wildman–Crippen MR) is 55.1 cm³/mol. The SMILES string of the molecule is C=C(C)CCN1CCC2(C1)OCCO2. The van der Waals surface area contributed by atoms with E-state index in [4.69, 9.17) is 9.47 Å². The van der Waals surface area contributed by atoms with Gasteiger partial charge in [0.1, 0.15) is 0 Å². The first-order valence-corrected chi connectivity index (χ1v) is 5.35. The zero-order chi connectivity index (χ0) is 10.0. The van der Waals surface area contributed by atoms with E-state index in [2.05, 4.69) is 18.4 Å². The minimum atomic E-state index is -0.255. The van der Waals surface area contributed by atoms with Crippen LogP contribution >= 0.6 is 0 Å². The highest BCUT2D eigenvalue weighted by atomic mass is 16.7. The second kappa shape index (κ2) is 4.01. The average molecular weight is 197 g/mol. The van der Waals surface area contributed by atoms with E-state index in [0.29, 0.717) is 0 Å². The van der Waals surface area contributed by atoms with Gasteiger partial charge < -0.3 is 9.47 Å². The summed E-state index contributed by atoms with van der Waals surface area (Å²) in [6, 6.07) is 0. The van der Waals surface area contributed by atoms with Gasteiger partial charge in [0.25, 0.3) is 0 Å². The summed E-state index contributed by atoms with van der Waals surface area (Å²) in [6.45, 7) is 10.6. The van der Waals surface area contributed by atoms with E-state index in [1.807, 2.05) is 0 Å². The van der Waals surface area contributed by atoms with Crippen molar-refractivity contribution in [3.8, 4) is 0 Å². The first-order valence-electron chi connectivity index (χ1n) is 5.35. The van der Waals surface area contributed by atoms with Gasteiger partial charge >= 0.3 is 0 Å². The molecule has 0 aromatic carbocycles. The summed E-state index contributed by atoms with van der Waals surface area (Å²) in [4.78, 5) is 2.40. The zero-order valence-electron chi connectivity index (χ0n) is 8.92. The molecule has 0 saturated carbocycles. The number of hydrogen-bond acceptors (Lipinski definition) is 3. The smallest absolute Gasteiger partial charge is 0.182 e. The third-order valence-electron chi connectivity index (χ3n) is 2.94. The fourth-order valence-electron chi connectivity index (χ4n) is 2.10. The monoisotopic (exact) mass is 197 g/mol. The Kier molecular flexibility index (Phi) is 2.91. The molecule has 0 unspecified atom stereocenters. The number of ether oxygens (including phenoxy) is 2. The highest BCUT2D eigenvalue weighted by Crippen LogP contribution is 2.30. The highest BCUT2D eigenvalue weighted by molar-refractivity contribution is 4.92. The van der Waals surface area contributed by atoms with Crippen molar-refractivity contribution in [3.05, 3.63) is 12.2 Å². The summed E-state index contributed by atoms with van der Waals surface area (Å²) < 4.78 is 11.3. The fourth-order valence-corrected chi connectivity index (χ4v) is 2.10. The normalized spacial score (nSPS) is 26.1. The van der Waals surface area contributed by atoms with Gasteiger partial charge in [0.05, 0.1) is 19.8 Å². The third-order valence-corrected chi connectivity index (χ3v) is 2.94. The Bertz CT molecular complexity index is 221. The van der Waals surface area contributed by atoms with Gasteiger partial charge in [-0.3, -0.25) is 4.90 Å². The predicted octanol–water partition coefficient (Wildman–Crippen LogP) is 1.40. The Labute approximate surface area is 85.7 Å². The summed E-state index contributed by atoms with van der Waals surface area (Å²) in [5.74, 6) is -0.255. The van der Waals surface area contributed by atoms with Crippen molar-refractivity contribution in [3.63, 3.8) is 0 Å². The molecule has 0 radical (unpaired) electrons. The molecule has 2 saturated heterocycles. The van der Waals surface area contributed by atoms with Crippen molar-refractivity contribution >= 4 is 0 Å². The van der Waals surface area contributed by atoms with Crippen LogP contribution in [0.5, 0.6) is 0 Å². The summed E-state index contributed by atoms with van der Waals surface area (Å²) in [5.41, 5.74) is 1.25. The molecule has 0 N–H and O–H groups in total. The fraction of sp³-hybridized carbons (Fsp3) is 0.818. The molecule has 0 aromatic heterocycles. The van der Waals surface area contributed by atoms with Gasteiger partial charge in [-0.15, -0.1) is 6.58 Å². The molecule has 0 aliphatic carbocycles. The number of nitrogens with zero attached hydrogens (tertiary/aromatic N) is 1. The van der Waals surface area contributed by atoms with Gasteiger partial charge in [-0.25, -0.2) is 0 Å². The third kappa shape index (κ3) is 2.16. The van der Waals surface area contributed by atoms with Crippen LogP contribution in [0.3, 0.4) is 0 Å². The first-order chi connectivity index (χ1) is 6.70. The molecule has 14 heavy (non-hydrogen) atoms. The number of hydrogen-bond donors (Lipinski definition) is 0. The molecular weight excluding hydrogens is 178 g/mol. The second-order valence-electron chi connectivity index (χ2n) is 4.34. The van der Waals surface area contributed by atoms with Crippen LogP contribution in [0.15, 0.2) is 12.2 Å². The molecule has 2 aliphatic heterocycles. The Morgan fingerprint density at radius 2 is 2.14 bits per heavy atom. The van der Waals surface area contributed by atoms with Gasteiger partial charge in [-0.05, 0) is 13.3 Å². The van der Waals surface area contributed by atoms with E-state index in [1.165, 1.54) is 5.57 Å². The van der Waals surface area contributed by atoms with E-state index < -0.39 is 0 Å². The van der Waals surface area contributed by atoms with Gasteiger partial charge in [0, 0.05) is 19.5 Å². The van der Waals surface area contributed by atoms with Crippen LogP contribution in [0, 0.1) is 0 Å². The lowest BCUT2D eigenvalue weighted by atomic mass is 10.2. The van der Waals surface area contributed by atoms with Crippen LogP contribution in [0.25, 0.3) is 0 Å². The molecule has 0 amide bonds. The van der Waals surface area contributed by atoms with Crippen molar-refractivity contribution < 1.29 is 9.47 Å². The second-order valence-corrected chi connectivity index (χ2v) is 4.34. The lowest BCUT2D eigenvalue weighted by molar-refractivity contribution is -0.145. The Morgan fingerprint density at radius 1 is 1.43 bits per heavy atom. The molecule has 3 nitrogen and oxygen atoms in total. The molecule has 3 heteroatoms. The topological polar surface area (TPSA) is 21.7 Å². The van der Waals surface area contributed by atoms with Crippen LogP contribution in [0.2, 0.25) is 0 Å². The molecule has 2 aliphatic rings. The van der Waals surface area contributed by atoms with Crippen LogP contribution in [-0.2, 0) is 9.47 Å². The quantitative estimate of drug-likeness (QED) is 0.638. The van der Waals surface area contributed by atoms with Gasteiger partial charge in [0.15, 0.2) is 5.79 Å². The molecule has 0 bridgehead atoms. The lowest BCUT2D eigenvalue weighted by Gasteiger charge is -2.22. The number of likely N-dealkylation sites (tertiary alicyclic amines) is 1. The molecule has 0 atom stereocenters. The summed E-state index contributed by atoms with van der Waals surface area (Å²) in [5, 5.41) is 0. The molecule has 1 spiro atoms. The lowest BCUT2D eigenvalue weighted by Crippen LogP contribution is -2.34. The van der Waals surface area contributed by atoms with Crippen molar-refractivity contribution in [2.45, 2.75) is 25.6 Å². The van der Waals surface area contributed by atoms with Crippen molar-refractivity contribution in [2.75, 3.05) is 32.8 Å². The van der Waals surface area contributed by atoms with E-state index in [0.717, 1.165) is 45.7 Å². The van der Waals surface area contributed by atoms with Gasteiger partial charge in [-0.2, -0.15) is 0 Å². The molecule has 80 valence electrons. The minimum absolute atomic E-state index is 0.255. The van der Waals surface area contributed by atoms with Gasteiger partial charge in [-0.1, -0.05) is 5.57 Å². The Hall–Kier alpha value is -0.380. The molecule has 2 heterocycles.